The van der Waals surface area contributed by atoms with Crippen LogP contribution in [0.25, 0.3) is 95.0 Å². The van der Waals surface area contributed by atoms with Crippen molar-refractivity contribution in [2.75, 3.05) is 0 Å². The SMILES string of the molecule is C[Si]1(C)c2ccccc2-c2c1ccc1c2C2(c3cccc(-c4cccc(-c5nc(-c6ccccc6)nc(-c6cccc7c6c6ccccc6n7-c6ccccc6)n5)c4)c3-1)C1CC3CC(C1)CC2C3. The van der Waals surface area contributed by atoms with E-state index in [9.17, 15) is 0 Å². The average molecular weight is 891 g/mol. The van der Waals surface area contributed by atoms with Gasteiger partial charge < -0.3 is 4.57 Å². The summed E-state index contributed by atoms with van der Waals surface area (Å²) in [5, 5.41) is 5.55. The van der Waals surface area contributed by atoms with Gasteiger partial charge in [0.1, 0.15) is 8.07 Å². The minimum Gasteiger partial charge on any atom is -0.309 e. The molecule has 4 bridgehead atoms. The smallest absolute Gasteiger partial charge is 0.164 e. The Balaban J connectivity index is 0.937. The minimum absolute atomic E-state index is 0.0390. The summed E-state index contributed by atoms with van der Waals surface area (Å²) in [6.07, 6.45) is 6.91. The maximum Gasteiger partial charge on any atom is 0.164 e. The van der Waals surface area contributed by atoms with Crippen LogP contribution in [-0.2, 0) is 5.41 Å². The minimum atomic E-state index is -1.89. The highest BCUT2D eigenvalue weighted by Gasteiger charge is 2.63. The van der Waals surface area contributed by atoms with Crippen LogP contribution in [0.4, 0.5) is 0 Å². The molecule has 16 rings (SSSR count). The molecule has 10 aromatic rings. The third-order valence-electron chi connectivity index (χ3n) is 17.4. The fraction of sp³-hybridized carbons (Fsp3) is 0.190. The van der Waals surface area contributed by atoms with E-state index in [2.05, 4.69) is 200 Å². The summed E-state index contributed by atoms with van der Waals surface area (Å²) in [6, 6.07) is 67.3. The van der Waals surface area contributed by atoms with E-state index in [1.807, 2.05) is 0 Å². The highest BCUT2D eigenvalue weighted by Crippen LogP contribution is 2.71. The van der Waals surface area contributed by atoms with Crippen LogP contribution < -0.4 is 10.4 Å². The fourth-order valence-corrected chi connectivity index (χ4v) is 18.1. The van der Waals surface area contributed by atoms with Gasteiger partial charge in [-0.2, -0.15) is 0 Å². The summed E-state index contributed by atoms with van der Waals surface area (Å²) >= 11 is 0. The normalized spacial score (nSPS) is 22.1. The van der Waals surface area contributed by atoms with Gasteiger partial charge in [-0.3, -0.25) is 0 Å². The number of aromatic nitrogens is 4. The monoisotopic (exact) mass is 890 g/mol. The number of hydrogen-bond acceptors (Lipinski definition) is 3. The molecule has 1 spiro atoms. The van der Waals surface area contributed by atoms with E-state index in [1.54, 1.807) is 27.1 Å². The van der Waals surface area contributed by atoms with Gasteiger partial charge in [0.15, 0.2) is 17.5 Å². The van der Waals surface area contributed by atoms with E-state index in [0.29, 0.717) is 29.3 Å². The second-order valence-corrected chi connectivity index (χ2v) is 25.5. The lowest BCUT2D eigenvalue weighted by Crippen LogP contribution is -2.56. The van der Waals surface area contributed by atoms with Crippen LogP contribution in [0.5, 0.6) is 0 Å². The van der Waals surface area contributed by atoms with Crippen LogP contribution in [0.1, 0.15) is 43.2 Å². The van der Waals surface area contributed by atoms with Gasteiger partial charge >= 0.3 is 0 Å². The summed E-state index contributed by atoms with van der Waals surface area (Å²) in [7, 11) is -1.89. The van der Waals surface area contributed by atoms with Gasteiger partial charge in [-0.15, -0.1) is 0 Å². The lowest BCUT2D eigenvalue weighted by atomic mass is 9.42. The summed E-state index contributed by atoms with van der Waals surface area (Å²) in [4.78, 5) is 16.1. The van der Waals surface area contributed by atoms with E-state index in [0.717, 1.165) is 50.6 Å². The maximum absolute atomic E-state index is 5.45. The number of rotatable bonds is 5. The molecule has 1 aliphatic heterocycles. The van der Waals surface area contributed by atoms with E-state index in [-0.39, 0.29) is 5.41 Å². The Labute approximate surface area is 398 Å². The molecule has 0 radical (unpaired) electrons. The van der Waals surface area contributed by atoms with Gasteiger partial charge in [0.25, 0.3) is 0 Å². The summed E-state index contributed by atoms with van der Waals surface area (Å²) < 4.78 is 2.36. The predicted molar refractivity (Wildman–Crippen MR) is 281 cm³/mol. The van der Waals surface area contributed by atoms with E-state index in [1.165, 1.54) is 65.3 Å². The zero-order valence-corrected chi connectivity index (χ0v) is 39.5. The first-order chi connectivity index (χ1) is 33.4. The molecule has 5 aliphatic carbocycles. The lowest BCUT2D eigenvalue weighted by molar-refractivity contribution is -0.0396. The number of fused-ring (bicyclic) bond motifs is 10. The van der Waals surface area contributed by atoms with Crippen LogP contribution >= 0.6 is 0 Å². The van der Waals surface area contributed by atoms with E-state index >= 15 is 0 Å². The van der Waals surface area contributed by atoms with E-state index in [4.69, 9.17) is 15.0 Å². The number of benzene rings is 8. The quantitative estimate of drug-likeness (QED) is 0.162. The van der Waals surface area contributed by atoms with Gasteiger partial charge in [0, 0.05) is 38.6 Å². The Bertz CT molecular complexity index is 3710. The zero-order valence-electron chi connectivity index (χ0n) is 38.5. The Morgan fingerprint density at radius 2 is 1.06 bits per heavy atom. The first-order valence-electron chi connectivity index (χ1n) is 24.9. The molecule has 0 N–H and O–H groups in total. The molecule has 4 saturated carbocycles. The topological polar surface area (TPSA) is 43.6 Å². The molecule has 2 aromatic heterocycles. The molecule has 3 heterocycles. The largest absolute Gasteiger partial charge is 0.309 e. The van der Waals surface area contributed by atoms with Crippen LogP contribution in [0.15, 0.2) is 182 Å². The molecule has 4 nitrogen and oxygen atoms in total. The molecular formula is C63H50N4Si. The highest BCUT2D eigenvalue weighted by molar-refractivity contribution is 7.03. The van der Waals surface area contributed by atoms with Crippen molar-refractivity contribution >= 4 is 40.3 Å². The molecule has 8 aromatic carbocycles. The van der Waals surface area contributed by atoms with Crippen molar-refractivity contribution in [2.45, 2.75) is 50.6 Å². The first-order valence-corrected chi connectivity index (χ1v) is 27.9. The molecule has 0 atom stereocenters. The molecule has 4 fully saturated rings. The second-order valence-electron chi connectivity index (χ2n) is 21.1. The third-order valence-corrected chi connectivity index (χ3v) is 21.0. The van der Waals surface area contributed by atoms with Gasteiger partial charge in [-0.25, -0.2) is 15.0 Å². The standard InChI is InChI=1S/C63H50N4Si/c1-68(2)54-29-12-10-23-48(54)58-55(68)31-30-49-56-46(24-14-26-51(56)63(59(49)58)43-33-38-32-39(35-43)36-44(63)34-38)41-18-13-19-42(37-41)61-64-60(40-16-5-3-6-17-40)65-62(66-61)50-25-15-28-53-57(50)47-22-9-11-27-52(47)67(53)45-20-7-4-8-21-45/h3-31,37-39,43-44H,32-36H2,1-2H3. The summed E-state index contributed by atoms with van der Waals surface area (Å²) in [6.45, 7) is 5.18. The maximum atomic E-state index is 5.45. The van der Waals surface area contributed by atoms with Crippen LogP contribution in [0.3, 0.4) is 0 Å². The molecule has 5 heteroatoms. The second kappa shape index (κ2) is 14.2. The van der Waals surface area contributed by atoms with Crippen LogP contribution in [0, 0.1) is 23.7 Å². The van der Waals surface area contributed by atoms with Crippen LogP contribution in [0.2, 0.25) is 13.1 Å². The zero-order chi connectivity index (χ0) is 44.9. The van der Waals surface area contributed by atoms with Crippen molar-refractivity contribution in [1.29, 1.82) is 0 Å². The molecule has 0 amide bonds. The van der Waals surface area contributed by atoms with Gasteiger partial charge in [-0.05, 0) is 141 Å². The predicted octanol–water partition coefficient (Wildman–Crippen LogP) is 14.2. The Morgan fingerprint density at radius 1 is 0.456 bits per heavy atom. The van der Waals surface area contributed by atoms with E-state index < -0.39 is 8.07 Å². The Morgan fingerprint density at radius 3 is 1.87 bits per heavy atom. The van der Waals surface area contributed by atoms with Crippen molar-refractivity contribution in [1.82, 2.24) is 19.5 Å². The lowest BCUT2D eigenvalue weighted by Gasteiger charge is -2.61. The highest BCUT2D eigenvalue weighted by atomic mass is 28.3. The Kier molecular flexibility index (Phi) is 8.09. The molecule has 0 unspecified atom stereocenters. The van der Waals surface area contributed by atoms with Crippen LogP contribution in [-0.4, -0.2) is 27.6 Å². The molecule has 326 valence electrons. The van der Waals surface area contributed by atoms with Crippen molar-refractivity contribution in [2.24, 2.45) is 23.7 Å². The van der Waals surface area contributed by atoms with Crippen molar-refractivity contribution < 1.29 is 0 Å². The van der Waals surface area contributed by atoms with Crippen molar-refractivity contribution in [3.63, 3.8) is 0 Å². The third kappa shape index (κ3) is 5.23. The number of para-hydroxylation sites is 2. The first kappa shape index (κ1) is 38.8. The molecule has 0 saturated heterocycles. The number of nitrogens with zero attached hydrogens (tertiary/aromatic N) is 4. The number of hydrogen-bond donors (Lipinski definition) is 0. The summed E-state index contributed by atoms with van der Waals surface area (Å²) in [5.74, 6) is 5.12. The average Bonchev–Trinajstić information content (AvgIpc) is 3.97. The van der Waals surface area contributed by atoms with Gasteiger partial charge in [0.05, 0.1) is 11.0 Å². The van der Waals surface area contributed by atoms with Gasteiger partial charge in [0.2, 0.25) is 0 Å². The molecule has 68 heavy (non-hydrogen) atoms. The summed E-state index contributed by atoms with van der Waals surface area (Å²) in [5.41, 5.74) is 18.2. The van der Waals surface area contributed by atoms with Gasteiger partial charge in [-0.1, -0.05) is 165 Å². The van der Waals surface area contributed by atoms with Crippen molar-refractivity contribution in [3.05, 3.63) is 193 Å². The fourth-order valence-electron chi connectivity index (χ4n) is 15.0. The molecule has 6 aliphatic rings. The Hall–Kier alpha value is -7.21. The van der Waals surface area contributed by atoms with Crippen molar-refractivity contribution in [3.8, 4) is 73.2 Å². The molecular weight excluding hydrogens is 841 g/mol.